The molecule has 4 heteroatoms. The summed E-state index contributed by atoms with van der Waals surface area (Å²) < 4.78 is 5.44. The number of aryl methyl sites for hydroxylation is 2. The molecule has 1 N–H and O–H groups in total. The van der Waals surface area contributed by atoms with Crippen LogP contribution in [0.4, 0.5) is 0 Å². The number of benzene rings is 1. The van der Waals surface area contributed by atoms with Gasteiger partial charge in [0.2, 0.25) is 0 Å². The lowest BCUT2D eigenvalue weighted by Gasteiger charge is -2.02. The Balaban J connectivity index is 1.99. The molecule has 98 valence electrons. The molecular formula is C15H16N2O2. The molecule has 2 rings (SSSR count). The van der Waals surface area contributed by atoms with Gasteiger partial charge in [-0.15, -0.1) is 0 Å². The zero-order valence-corrected chi connectivity index (χ0v) is 11.0. The molecule has 0 radical (unpaired) electrons. The average Bonchev–Trinajstić information content (AvgIpc) is 2.87. The van der Waals surface area contributed by atoms with Crippen LogP contribution in [0.2, 0.25) is 0 Å². The van der Waals surface area contributed by atoms with E-state index in [0.29, 0.717) is 11.3 Å². The van der Waals surface area contributed by atoms with Gasteiger partial charge in [0.05, 0.1) is 6.21 Å². The van der Waals surface area contributed by atoms with Gasteiger partial charge in [0.1, 0.15) is 11.5 Å². The summed E-state index contributed by atoms with van der Waals surface area (Å²) in [5.41, 5.74) is 4.02. The topological polar surface area (TPSA) is 54.6 Å². The van der Waals surface area contributed by atoms with Gasteiger partial charge in [0, 0.05) is 12.0 Å². The van der Waals surface area contributed by atoms with Crippen molar-refractivity contribution < 1.29 is 9.21 Å². The number of furan rings is 1. The number of hydrogen-bond acceptors (Lipinski definition) is 3. The molecule has 0 saturated heterocycles. The molecule has 0 aliphatic heterocycles. The quantitative estimate of drug-likeness (QED) is 0.675. The van der Waals surface area contributed by atoms with E-state index < -0.39 is 0 Å². The normalized spacial score (nSPS) is 10.8. The number of hydrogen-bond donors (Lipinski definition) is 1. The molecule has 1 aromatic heterocycles. The summed E-state index contributed by atoms with van der Waals surface area (Å²) in [6.45, 7) is 3.90. The van der Waals surface area contributed by atoms with Crippen molar-refractivity contribution in [2.24, 2.45) is 5.10 Å². The van der Waals surface area contributed by atoms with E-state index in [1.807, 2.05) is 44.2 Å². The second-order valence-corrected chi connectivity index (χ2v) is 4.17. The van der Waals surface area contributed by atoms with Crippen LogP contribution in [0.3, 0.4) is 0 Å². The highest BCUT2D eigenvalue weighted by Gasteiger charge is 2.06. The van der Waals surface area contributed by atoms with E-state index in [1.54, 1.807) is 6.07 Å². The first-order chi connectivity index (χ1) is 9.20. The summed E-state index contributed by atoms with van der Waals surface area (Å²) in [4.78, 5) is 11.9. The van der Waals surface area contributed by atoms with Crippen LogP contribution < -0.4 is 5.43 Å². The molecule has 0 spiro atoms. The number of nitrogens with one attached hydrogen (secondary N) is 1. The summed E-state index contributed by atoms with van der Waals surface area (Å²) in [6, 6.07) is 11.1. The van der Waals surface area contributed by atoms with Gasteiger partial charge < -0.3 is 4.42 Å². The fraction of sp³-hybridized carbons (Fsp3) is 0.200. The zero-order valence-electron chi connectivity index (χ0n) is 11.0. The average molecular weight is 256 g/mol. The molecule has 0 atom stereocenters. The maximum atomic E-state index is 11.9. The third-order valence-electron chi connectivity index (χ3n) is 2.78. The number of nitrogens with zero attached hydrogens (tertiary/aromatic N) is 1. The monoisotopic (exact) mass is 256 g/mol. The van der Waals surface area contributed by atoms with Crippen LogP contribution in [0.5, 0.6) is 0 Å². The maximum absolute atomic E-state index is 11.9. The fourth-order valence-corrected chi connectivity index (χ4v) is 1.70. The summed E-state index contributed by atoms with van der Waals surface area (Å²) in [5.74, 6) is 1.30. The van der Waals surface area contributed by atoms with Crippen molar-refractivity contribution in [2.75, 3.05) is 0 Å². The van der Waals surface area contributed by atoms with Crippen molar-refractivity contribution in [1.82, 2.24) is 5.43 Å². The second kappa shape index (κ2) is 6.00. The predicted molar refractivity (Wildman–Crippen MR) is 74.3 cm³/mol. The van der Waals surface area contributed by atoms with Gasteiger partial charge in [-0.1, -0.05) is 25.1 Å². The maximum Gasteiger partial charge on any atom is 0.271 e. The molecular weight excluding hydrogens is 240 g/mol. The van der Waals surface area contributed by atoms with Crippen molar-refractivity contribution in [3.8, 4) is 0 Å². The Morgan fingerprint density at radius 1 is 1.32 bits per heavy atom. The molecule has 1 heterocycles. The van der Waals surface area contributed by atoms with Gasteiger partial charge in [0.25, 0.3) is 5.91 Å². The van der Waals surface area contributed by atoms with Crippen LogP contribution in [0.25, 0.3) is 0 Å². The molecule has 4 nitrogen and oxygen atoms in total. The molecule has 0 aliphatic rings. The highest BCUT2D eigenvalue weighted by atomic mass is 16.3. The molecule has 0 fully saturated rings. The van der Waals surface area contributed by atoms with Crippen LogP contribution in [0.15, 0.2) is 45.9 Å². The van der Waals surface area contributed by atoms with Crippen molar-refractivity contribution in [2.45, 2.75) is 20.3 Å². The largest absolute Gasteiger partial charge is 0.460 e. The third kappa shape index (κ3) is 3.31. The number of rotatable bonds is 4. The standard InChI is InChI=1S/C15H16N2O2/c1-3-12-8-9-13(19-12)10-16-17-15(18)14-7-5-4-6-11(14)2/h4-10H,3H2,1-2H3,(H,17,18)/b16-10-. The van der Waals surface area contributed by atoms with E-state index in [0.717, 1.165) is 17.7 Å². The highest BCUT2D eigenvalue weighted by Crippen LogP contribution is 2.07. The summed E-state index contributed by atoms with van der Waals surface area (Å²) >= 11 is 0. The number of carbonyl (C=O) groups excluding carboxylic acids is 1. The SMILES string of the molecule is CCc1ccc(/C=N\NC(=O)c2ccccc2C)o1. The lowest BCUT2D eigenvalue weighted by atomic mass is 10.1. The van der Waals surface area contributed by atoms with Crippen molar-refractivity contribution in [1.29, 1.82) is 0 Å². The van der Waals surface area contributed by atoms with Crippen molar-refractivity contribution in [3.05, 3.63) is 59.0 Å². The van der Waals surface area contributed by atoms with E-state index in [2.05, 4.69) is 10.5 Å². The molecule has 1 aromatic carbocycles. The van der Waals surface area contributed by atoms with Gasteiger partial charge in [-0.2, -0.15) is 5.10 Å². The Hall–Kier alpha value is -2.36. The highest BCUT2D eigenvalue weighted by molar-refractivity contribution is 5.96. The van der Waals surface area contributed by atoms with Crippen molar-refractivity contribution >= 4 is 12.1 Å². The van der Waals surface area contributed by atoms with Gasteiger partial charge >= 0.3 is 0 Å². The minimum absolute atomic E-state index is 0.225. The first kappa shape index (κ1) is 13.1. The van der Waals surface area contributed by atoms with Crippen LogP contribution in [-0.4, -0.2) is 12.1 Å². The Kier molecular flexibility index (Phi) is 4.13. The van der Waals surface area contributed by atoms with E-state index in [-0.39, 0.29) is 5.91 Å². The Labute approximate surface area is 112 Å². The fourth-order valence-electron chi connectivity index (χ4n) is 1.70. The van der Waals surface area contributed by atoms with Crippen LogP contribution >= 0.6 is 0 Å². The minimum atomic E-state index is -0.225. The molecule has 1 amide bonds. The number of amides is 1. The lowest BCUT2D eigenvalue weighted by molar-refractivity contribution is 0.0954. The molecule has 2 aromatic rings. The Bertz CT molecular complexity index is 600. The van der Waals surface area contributed by atoms with Crippen LogP contribution in [-0.2, 0) is 6.42 Å². The molecule has 0 aliphatic carbocycles. The minimum Gasteiger partial charge on any atom is -0.460 e. The van der Waals surface area contributed by atoms with Gasteiger partial charge in [0.15, 0.2) is 0 Å². The van der Waals surface area contributed by atoms with Gasteiger partial charge in [-0.3, -0.25) is 4.79 Å². The van der Waals surface area contributed by atoms with E-state index in [4.69, 9.17) is 4.42 Å². The van der Waals surface area contributed by atoms with Gasteiger partial charge in [-0.25, -0.2) is 5.43 Å². The first-order valence-electron chi connectivity index (χ1n) is 6.18. The molecule has 19 heavy (non-hydrogen) atoms. The summed E-state index contributed by atoms with van der Waals surface area (Å²) in [7, 11) is 0. The lowest BCUT2D eigenvalue weighted by Crippen LogP contribution is -2.18. The molecule has 0 unspecified atom stereocenters. The zero-order chi connectivity index (χ0) is 13.7. The summed E-state index contributed by atoms with van der Waals surface area (Å²) in [5, 5.41) is 3.89. The predicted octanol–water partition coefficient (Wildman–Crippen LogP) is 2.91. The summed E-state index contributed by atoms with van der Waals surface area (Å²) in [6.07, 6.45) is 2.33. The van der Waals surface area contributed by atoms with E-state index in [9.17, 15) is 4.79 Å². The van der Waals surface area contributed by atoms with Crippen molar-refractivity contribution in [3.63, 3.8) is 0 Å². The van der Waals surface area contributed by atoms with Gasteiger partial charge in [-0.05, 0) is 30.7 Å². The first-order valence-corrected chi connectivity index (χ1v) is 6.18. The molecule has 0 saturated carbocycles. The van der Waals surface area contributed by atoms with Crippen LogP contribution in [0.1, 0.15) is 34.4 Å². The second-order valence-electron chi connectivity index (χ2n) is 4.17. The molecule has 0 bridgehead atoms. The van der Waals surface area contributed by atoms with E-state index >= 15 is 0 Å². The smallest absolute Gasteiger partial charge is 0.271 e. The number of hydrazone groups is 1. The Morgan fingerprint density at radius 3 is 2.79 bits per heavy atom. The van der Waals surface area contributed by atoms with E-state index in [1.165, 1.54) is 6.21 Å². The third-order valence-corrected chi connectivity index (χ3v) is 2.78. The van der Waals surface area contributed by atoms with Crippen LogP contribution in [0, 0.1) is 6.92 Å². The Morgan fingerprint density at radius 2 is 2.11 bits per heavy atom. The number of carbonyl (C=O) groups is 1.